The van der Waals surface area contributed by atoms with Gasteiger partial charge in [0, 0.05) is 5.56 Å². The molecule has 2 N–H and O–H groups in total. The lowest BCUT2D eigenvalue weighted by Crippen LogP contribution is -2.28. The van der Waals surface area contributed by atoms with Crippen LogP contribution in [0.1, 0.15) is 5.56 Å². The molecule has 0 unspecified atom stereocenters. The molecule has 0 radical (unpaired) electrons. The summed E-state index contributed by atoms with van der Waals surface area (Å²) >= 11 is 0. The second-order valence-electron chi connectivity index (χ2n) is 2.84. The summed E-state index contributed by atoms with van der Waals surface area (Å²) in [5.74, 6) is 0.314. The number of ether oxygens (including phenoxy) is 1. The standard InChI is InChI=1S/C10H11NO4/c1-7-8(13)3-2-4-9(7)15-10(14)11-5-6-12/h2-4,6,13H,5H2,1H3,(H,11,14). The molecule has 0 bridgehead atoms. The molecule has 0 saturated heterocycles. The van der Waals surface area contributed by atoms with E-state index in [2.05, 4.69) is 5.32 Å². The van der Waals surface area contributed by atoms with Crippen LogP contribution in [0.15, 0.2) is 18.2 Å². The molecular formula is C10H11NO4. The second kappa shape index (κ2) is 4.99. The van der Waals surface area contributed by atoms with Crippen molar-refractivity contribution < 1.29 is 19.4 Å². The highest BCUT2D eigenvalue weighted by Gasteiger charge is 2.08. The van der Waals surface area contributed by atoms with E-state index in [1.165, 1.54) is 6.07 Å². The lowest BCUT2D eigenvalue weighted by atomic mass is 10.2. The van der Waals surface area contributed by atoms with E-state index in [-0.39, 0.29) is 18.0 Å². The van der Waals surface area contributed by atoms with Crippen LogP contribution in [0, 0.1) is 6.92 Å². The van der Waals surface area contributed by atoms with Gasteiger partial charge in [-0.05, 0) is 19.1 Å². The zero-order valence-electron chi connectivity index (χ0n) is 8.19. The van der Waals surface area contributed by atoms with E-state index in [9.17, 15) is 14.7 Å². The minimum Gasteiger partial charge on any atom is -0.508 e. The Kier molecular flexibility index (Phi) is 3.68. The number of carbonyl (C=O) groups excluding carboxylic acids is 2. The van der Waals surface area contributed by atoms with E-state index in [1.807, 2.05) is 0 Å². The van der Waals surface area contributed by atoms with Crippen LogP contribution in [-0.2, 0) is 4.79 Å². The molecule has 80 valence electrons. The van der Waals surface area contributed by atoms with Crippen molar-refractivity contribution in [1.82, 2.24) is 5.32 Å². The van der Waals surface area contributed by atoms with Crippen molar-refractivity contribution in [2.45, 2.75) is 6.92 Å². The Bertz CT molecular complexity index is 376. The molecule has 0 aliphatic heterocycles. The number of phenolic OH excluding ortho intramolecular Hbond substituents is 1. The van der Waals surface area contributed by atoms with E-state index >= 15 is 0 Å². The normalized spacial score (nSPS) is 9.40. The Hall–Kier alpha value is -2.04. The van der Waals surface area contributed by atoms with Crippen LogP contribution in [0.5, 0.6) is 11.5 Å². The summed E-state index contributed by atoms with van der Waals surface area (Å²) < 4.78 is 4.86. The zero-order valence-corrected chi connectivity index (χ0v) is 8.19. The highest BCUT2D eigenvalue weighted by atomic mass is 16.6. The fraction of sp³-hybridized carbons (Fsp3) is 0.200. The van der Waals surface area contributed by atoms with Gasteiger partial charge >= 0.3 is 6.09 Å². The van der Waals surface area contributed by atoms with E-state index < -0.39 is 6.09 Å². The van der Waals surface area contributed by atoms with Crippen molar-refractivity contribution in [2.75, 3.05) is 6.54 Å². The SMILES string of the molecule is Cc1c(O)cccc1OC(=O)NCC=O. The third-order valence-corrected chi connectivity index (χ3v) is 1.79. The third kappa shape index (κ3) is 2.98. The van der Waals surface area contributed by atoms with E-state index in [4.69, 9.17) is 4.74 Å². The first kappa shape index (κ1) is 11.0. The minimum absolute atomic E-state index is 0.0516. The highest BCUT2D eigenvalue weighted by Crippen LogP contribution is 2.25. The molecule has 0 aromatic heterocycles. The molecule has 1 aromatic carbocycles. The van der Waals surface area contributed by atoms with Crippen molar-refractivity contribution in [2.24, 2.45) is 0 Å². The number of aromatic hydroxyl groups is 1. The number of phenols is 1. The molecule has 5 nitrogen and oxygen atoms in total. The predicted molar refractivity (Wildman–Crippen MR) is 52.9 cm³/mol. The number of amides is 1. The van der Waals surface area contributed by atoms with E-state index in [1.54, 1.807) is 19.1 Å². The van der Waals surface area contributed by atoms with Gasteiger partial charge < -0.3 is 20.0 Å². The third-order valence-electron chi connectivity index (χ3n) is 1.79. The van der Waals surface area contributed by atoms with Gasteiger partial charge in [-0.3, -0.25) is 0 Å². The summed E-state index contributed by atoms with van der Waals surface area (Å²) in [7, 11) is 0. The van der Waals surface area contributed by atoms with Crippen molar-refractivity contribution in [3.8, 4) is 11.5 Å². The number of hydrogen-bond acceptors (Lipinski definition) is 4. The topological polar surface area (TPSA) is 75.6 Å². The first-order valence-corrected chi connectivity index (χ1v) is 4.33. The molecule has 0 aliphatic carbocycles. The quantitative estimate of drug-likeness (QED) is 0.728. The largest absolute Gasteiger partial charge is 0.508 e. The number of hydrogen-bond donors (Lipinski definition) is 2. The van der Waals surface area contributed by atoms with Gasteiger partial charge in [0.05, 0.1) is 6.54 Å². The Morgan fingerprint density at radius 3 is 3.00 bits per heavy atom. The molecule has 0 aliphatic rings. The Labute approximate surface area is 86.7 Å². The molecule has 0 heterocycles. The van der Waals surface area contributed by atoms with Gasteiger partial charge in [0.25, 0.3) is 0 Å². The molecule has 0 atom stereocenters. The average Bonchev–Trinajstić information content (AvgIpc) is 2.22. The number of nitrogens with one attached hydrogen (secondary N) is 1. The predicted octanol–water partition coefficient (Wildman–Crippen LogP) is 0.988. The molecule has 15 heavy (non-hydrogen) atoms. The van der Waals surface area contributed by atoms with E-state index in [0.29, 0.717) is 11.8 Å². The molecule has 1 rings (SSSR count). The minimum atomic E-state index is -0.726. The van der Waals surface area contributed by atoms with Gasteiger partial charge in [-0.2, -0.15) is 0 Å². The van der Waals surface area contributed by atoms with Crippen LogP contribution < -0.4 is 10.1 Å². The van der Waals surface area contributed by atoms with Crippen LogP contribution in [0.2, 0.25) is 0 Å². The zero-order chi connectivity index (χ0) is 11.3. The summed E-state index contributed by atoms with van der Waals surface area (Å²) in [5, 5.41) is 11.5. The van der Waals surface area contributed by atoms with Crippen molar-refractivity contribution in [1.29, 1.82) is 0 Å². The first-order valence-electron chi connectivity index (χ1n) is 4.33. The maximum Gasteiger partial charge on any atom is 0.412 e. The smallest absolute Gasteiger partial charge is 0.412 e. The van der Waals surface area contributed by atoms with Crippen LogP contribution in [-0.4, -0.2) is 24.0 Å². The summed E-state index contributed by atoms with van der Waals surface area (Å²) in [6, 6.07) is 4.60. The maximum atomic E-state index is 11.1. The maximum absolute atomic E-state index is 11.1. The molecule has 0 fully saturated rings. The van der Waals surface area contributed by atoms with Crippen LogP contribution >= 0.6 is 0 Å². The van der Waals surface area contributed by atoms with Crippen molar-refractivity contribution in [3.63, 3.8) is 0 Å². The Balaban J connectivity index is 2.68. The van der Waals surface area contributed by atoms with Crippen molar-refractivity contribution in [3.05, 3.63) is 23.8 Å². The van der Waals surface area contributed by atoms with Gasteiger partial charge in [0.1, 0.15) is 17.8 Å². The summed E-state index contributed by atoms with van der Waals surface area (Å²) in [5.41, 5.74) is 0.471. The fourth-order valence-corrected chi connectivity index (χ4v) is 0.974. The van der Waals surface area contributed by atoms with Gasteiger partial charge in [-0.1, -0.05) is 6.07 Å². The van der Waals surface area contributed by atoms with Gasteiger partial charge in [0.15, 0.2) is 0 Å². The average molecular weight is 209 g/mol. The first-order chi connectivity index (χ1) is 7.15. The van der Waals surface area contributed by atoms with Gasteiger partial charge in [0.2, 0.25) is 0 Å². The monoisotopic (exact) mass is 209 g/mol. The summed E-state index contributed by atoms with van der Waals surface area (Å²) in [6.07, 6.45) is -0.174. The number of carbonyl (C=O) groups is 2. The van der Waals surface area contributed by atoms with Crippen LogP contribution in [0.25, 0.3) is 0 Å². The number of benzene rings is 1. The molecule has 0 saturated carbocycles. The van der Waals surface area contributed by atoms with Crippen molar-refractivity contribution >= 4 is 12.4 Å². The molecule has 0 spiro atoms. The Morgan fingerprint density at radius 2 is 2.33 bits per heavy atom. The molecule has 5 heteroatoms. The van der Waals surface area contributed by atoms with E-state index in [0.717, 1.165) is 0 Å². The lowest BCUT2D eigenvalue weighted by molar-refractivity contribution is -0.107. The highest BCUT2D eigenvalue weighted by molar-refractivity contribution is 5.73. The van der Waals surface area contributed by atoms with Gasteiger partial charge in [-0.15, -0.1) is 0 Å². The summed E-state index contributed by atoms with van der Waals surface area (Å²) in [4.78, 5) is 21.0. The second-order valence-corrected chi connectivity index (χ2v) is 2.84. The molecule has 1 aromatic rings. The molecule has 1 amide bonds. The lowest BCUT2D eigenvalue weighted by Gasteiger charge is -2.07. The van der Waals surface area contributed by atoms with Crippen LogP contribution in [0.4, 0.5) is 4.79 Å². The van der Waals surface area contributed by atoms with Gasteiger partial charge in [-0.25, -0.2) is 4.79 Å². The Morgan fingerprint density at radius 1 is 1.60 bits per heavy atom. The van der Waals surface area contributed by atoms with Crippen LogP contribution in [0.3, 0.4) is 0 Å². The number of aldehydes is 1. The molecular weight excluding hydrogens is 198 g/mol. The summed E-state index contributed by atoms with van der Waals surface area (Å²) in [6.45, 7) is 1.52. The fourth-order valence-electron chi connectivity index (χ4n) is 0.974. The number of rotatable bonds is 3.